The molecule has 0 saturated carbocycles. The van der Waals surface area contributed by atoms with E-state index >= 15 is 0 Å². The third-order valence-corrected chi connectivity index (χ3v) is 4.11. The fourth-order valence-electron chi connectivity index (χ4n) is 2.14. The molecule has 2 aromatic carbocycles. The van der Waals surface area contributed by atoms with E-state index in [-0.39, 0.29) is 5.91 Å². The van der Waals surface area contributed by atoms with Crippen molar-refractivity contribution in [1.29, 1.82) is 0 Å². The molecule has 0 radical (unpaired) electrons. The number of nitrogens with zero attached hydrogens (tertiary/aromatic N) is 1. The van der Waals surface area contributed by atoms with E-state index in [1.807, 2.05) is 29.5 Å². The first-order valence-electron chi connectivity index (χ1n) is 8.06. The van der Waals surface area contributed by atoms with Crippen molar-refractivity contribution in [3.63, 3.8) is 0 Å². The standard InChI is InChI=1S/C19H19IN2O5/c1-4-26-17-10-13(9-16(20)18(17)27-12(2)23)11-21-22-19(24)14-5-7-15(25-3)8-6-14/h5-11H,4H2,1-3H3,(H,22,24)/b21-11-. The molecule has 0 aliphatic heterocycles. The molecular formula is C19H19IN2O5. The van der Waals surface area contributed by atoms with Gasteiger partial charge in [0, 0.05) is 12.5 Å². The average Bonchev–Trinajstić information content (AvgIpc) is 2.64. The number of hydrazone groups is 1. The van der Waals surface area contributed by atoms with E-state index in [1.54, 1.807) is 43.5 Å². The summed E-state index contributed by atoms with van der Waals surface area (Å²) >= 11 is 2.05. The minimum absolute atomic E-state index is 0.342. The minimum Gasteiger partial charge on any atom is -0.497 e. The molecule has 0 unspecified atom stereocenters. The number of carbonyl (C=O) groups excluding carboxylic acids is 2. The van der Waals surface area contributed by atoms with E-state index in [9.17, 15) is 9.59 Å². The van der Waals surface area contributed by atoms with Crippen LogP contribution in [0.1, 0.15) is 29.8 Å². The molecule has 0 heterocycles. The van der Waals surface area contributed by atoms with Crippen LogP contribution in [-0.4, -0.2) is 31.8 Å². The van der Waals surface area contributed by atoms with Gasteiger partial charge in [-0.2, -0.15) is 5.10 Å². The Morgan fingerprint density at radius 2 is 1.93 bits per heavy atom. The van der Waals surface area contributed by atoms with Crippen LogP contribution < -0.4 is 19.6 Å². The van der Waals surface area contributed by atoms with Crippen molar-refractivity contribution in [2.45, 2.75) is 13.8 Å². The van der Waals surface area contributed by atoms with Crippen molar-refractivity contribution in [3.8, 4) is 17.2 Å². The molecule has 0 aliphatic carbocycles. The van der Waals surface area contributed by atoms with E-state index in [0.717, 1.165) is 0 Å². The van der Waals surface area contributed by atoms with Crippen molar-refractivity contribution in [2.24, 2.45) is 5.10 Å². The Labute approximate surface area is 170 Å². The van der Waals surface area contributed by atoms with Gasteiger partial charge in [-0.05, 0) is 71.5 Å². The lowest BCUT2D eigenvalue weighted by Gasteiger charge is -2.12. The number of benzene rings is 2. The summed E-state index contributed by atoms with van der Waals surface area (Å²) in [4.78, 5) is 23.4. The van der Waals surface area contributed by atoms with Crippen LogP contribution in [0.4, 0.5) is 0 Å². The van der Waals surface area contributed by atoms with Crippen LogP contribution in [0.25, 0.3) is 0 Å². The van der Waals surface area contributed by atoms with E-state index < -0.39 is 5.97 Å². The number of hydrogen-bond acceptors (Lipinski definition) is 6. The van der Waals surface area contributed by atoms with Gasteiger partial charge in [-0.25, -0.2) is 5.43 Å². The maximum absolute atomic E-state index is 12.1. The van der Waals surface area contributed by atoms with Crippen molar-refractivity contribution < 1.29 is 23.8 Å². The second kappa shape index (κ2) is 9.91. The molecular weight excluding hydrogens is 463 g/mol. The van der Waals surface area contributed by atoms with E-state index in [0.29, 0.717) is 38.6 Å². The molecule has 0 aromatic heterocycles. The summed E-state index contributed by atoms with van der Waals surface area (Å²) in [5, 5.41) is 3.97. The van der Waals surface area contributed by atoms with Gasteiger partial charge in [0.1, 0.15) is 5.75 Å². The zero-order chi connectivity index (χ0) is 19.8. The summed E-state index contributed by atoms with van der Waals surface area (Å²) in [5.41, 5.74) is 3.61. The molecule has 2 aromatic rings. The van der Waals surface area contributed by atoms with Gasteiger partial charge in [0.2, 0.25) is 0 Å². The van der Waals surface area contributed by atoms with Crippen molar-refractivity contribution in [1.82, 2.24) is 5.43 Å². The second-order valence-corrected chi connectivity index (χ2v) is 6.45. The molecule has 0 spiro atoms. The highest BCUT2D eigenvalue weighted by Crippen LogP contribution is 2.34. The zero-order valence-corrected chi connectivity index (χ0v) is 17.3. The minimum atomic E-state index is -0.429. The number of rotatable bonds is 7. The number of carbonyl (C=O) groups is 2. The number of methoxy groups -OCH3 is 1. The third-order valence-electron chi connectivity index (χ3n) is 3.31. The molecule has 0 saturated heterocycles. The lowest BCUT2D eigenvalue weighted by atomic mass is 10.2. The molecule has 142 valence electrons. The second-order valence-electron chi connectivity index (χ2n) is 5.28. The Hall–Kier alpha value is -2.62. The molecule has 8 heteroatoms. The van der Waals surface area contributed by atoms with E-state index in [2.05, 4.69) is 10.5 Å². The molecule has 0 aliphatic rings. The zero-order valence-electron chi connectivity index (χ0n) is 15.1. The Morgan fingerprint density at radius 1 is 1.22 bits per heavy atom. The van der Waals surface area contributed by atoms with Crippen molar-refractivity contribution in [3.05, 3.63) is 51.1 Å². The van der Waals surface area contributed by atoms with Gasteiger partial charge in [-0.3, -0.25) is 9.59 Å². The Balaban J connectivity index is 2.13. The molecule has 2 rings (SSSR count). The van der Waals surface area contributed by atoms with Crippen LogP contribution in [-0.2, 0) is 4.79 Å². The summed E-state index contributed by atoms with van der Waals surface area (Å²) in [7, 11) is 1.56. The third kappa shape index (κ3) is 5.95. The first-order valence-corrected chi connectivity index (χ1v) is 9.14. The van der Waals surface area contributed by atoms with Crippen LogP contribution in [0.15, 0.2) is 41.5 Å². The molecule has 0 fully saturated rings. The SMILES string of the molecule is CCOc1cc(/C=N\NC(=O)c2ccc(OC)cc2)cc(I)c1OC(C)=O. The predicted molar refractivity (Wildman–Crippen MR) is 110 cm³/mol. The van der Waals surface area contributed by atoms with Crippen LogP contribution >= 0.6 is 22.6 Å². The predicted octanol–water partition coefficient (Wildman–Crippen LogP) is 3.39. The van der Waals surface area contributed by atoms with Gasteiger partial charge in [0.15, 0.2) is 11.5 Å². The highest BCUT2D eigenvalue weighted by molar-refractivity contribution is 14.1. The Morgan fingerprint density at radius 3 is 2.52 bits per heavy atom. The van der Waals surface area contributed by atoms with Gasteiger partial charge in [-0.15, -0.1) is 0 Å². The van der Waals surface area contributed by atoms with Crippen LogP contribution in [0.5, 0.6) is 17.2 Å². The summed E-state index contributed by atoms with van der Waals surface area (Å²) in [6, 6.07) is 10.1. The fraction of sp³-hybridized carbons (Fsp3) is 0.211. The lowest BCUT2D eigenvalue weighted by molar-refractivity contribution is -0.132. The van der Waals surface area contributed by atoms with E-state index in [4.69, 9.17) is 14.2 Å². The quantitative estimate of drug-likeness (QED) is 0.215. The number of hydrogen-bond donors (Lipinski definition) is 1. The molecule has 27 heavy (non-hydrogen) atoms. The first kappa shape index (κ1) is 20.7. The fourth-order valence-corrected chi connectivity index (χ4v) is 2.88. The van der Waals surface area contributed by atoms with Gasteiger partial charge >= 0.3 is 5.97 Å². The number of ether oxygens (including phenoxy) is 3. The molecule has 1 N–H and O–H groups in total. The van der Waals surface area contributed by atoms with Gasteiger partial charge in [0.05, 0.1) is 23.5 Å². The average molecular weight is 482 g/mol. The molecule has 0 bridgehead atoms. The van der Waals surface area contributed by atoms with Crippen molar-refractivity contribution >= 4 is 40.7 Å². The molecule has 1 amide bonds. The lowest BCUT2D eigenvalue weighted by Crippen LogP contribution is -2.17. The van der Waals surface area contributed by atoms with Crippen LogP contribution in [0.2, 0.25) is 0 Å². The number of nitrogens with one attached hydrogen (secondary N) is 1. The monoisotopic (exact) mass is 482 g/mol. The summed E-state index contributed by atoms with van der Waals surface area (Å²) in [5.74, 6) is 0.694. The smallest absolute Gasteiger partial charge is 0.308 e. The topological polar surface area (TPSA) is 86.2 Å². The first-order chi connectivity index (χ1) is 12.9. The van der Waals surface area contributed by atoms with Gasteiger partial charge in [0.25, 0.3) is 5.91 Å². The van der Waals surface area contributed by atoms with E-state index in [1.165, 1.54) is 13.1 Å². The maximum atomic E-state index is 12.1. The highest BCUT2D eigenvalue weighted by Gasteiger charge is 2.13. The number of halogens is 1. The van der Waals surface area contributed by atoms with Crippen LogP contribution in [0.3, 0.4) is 0 Å². The summed E-state index contributed by atoms with van der Waals surface area (Å²) in [6.07, 6.45) is 1.49. The molecule has 7 nitrogen and oxygen atoms in total. The Bertz CT molecular complexity index is 850. The maximum Gasteiger partial charge on any atom is 0.308 e. The number of amides is 1. The van der Waals surface area contributed by atoms with Gasteiger partial charge in [-0.1, -0.05) is 0 Å². The van der Waals surface area contributed by atoms with Crippen LogP contribution in [0, 0.1) is 3.57 Å². The highest BCUT2D eigenvalue weighted by atomic mass is 127. The normalized spacial score (nSPS) is 10.5. The summed E-state index contributed by atoms with van der Waals surface area (Å²) < 4.78 is 16.5. The van der Waals surface area contributed by atoms with Gasteiger partial charge < -0.3 is 14.2 Å². The summed E-state index contributed by atoms with van der Waals surface area (Å²) in [6.45, 7) is 3.58. The largest absolute Gasteiger partial charge is 0.497 e. The number of esters is 1. The molecule has 0 atom stereocenters. The van der Waals surface area contributed by atoms with Crippen molar-refractivity contribution in [2.75, 3.05) is 13.7 Å². The Kier molecular flexibility index (Phi) is 7.59.